The molecule has 0 amide bonds. The van der Waals surface area contributed by atoms with Crippen LogP contribution in [0.5, 0.6) is 0 Å². The predicted molar refractivity (Wildman–Crippen MR) is 160 cm³/mol. The van der Waals surface area contributed by atoms with Gasteiger partial charge in [0.1, 0.15) is 11.3 Å². The van der Waals surface area contributed by atoms with Crippen molar-refractivity contribution in [3.63, 3.8) is 0 Å². The Morgan fingerprint density at radius 2 is 1.31 bits per heavy atom. The summed E-state index contributed by atoms with van der Waals surface area (Å²) in [7, 11) is 0. The number of halogens is 9. The molecule has 2 aliphatic heterocycles. The summed E-state index contributed by atoms with van der Waals surface area (Å²) in [5, 5.41) is 0.703. The maximum Gasteiger partial charge on any atom is 0.738 e. The first-order valence-corrected chi connectivity index (χ1v) is 15.4. The summed E-state index contributed by atoms with van der Waals surface area (Å²) in [5.74, 6) is -10.8. The highest BCUT2D eigenvalue weighted by Gasteiger charge is 2.55. The number of furan rings is 2. The quantitative estimate of drug-likeness (QED) is 0.0801. The third kappa shape index (κ3) is 3.82. The highest BCUT2D eigenvalue weighted by Crippen LogP contribution is 2.45. The second-order valence-corrected chi connectivity index (χ2v) is 13.8. The van der Waals surface area contributed by atoms with E-state index in [0.29, 0.717) is 28.8 Å². The minimum Gasteiger partial charge on any atom is -0.454 e. The standard InChI is InChI=1S/C29H12BCl2F7N2O2S2/c1-9-11(31)3-21(44-9)19-5-13-17(42-19)7-15-23(24-25(33)27(35)29(37)28(36)26(24)34)16-8-18-14(41(16)30(38,39)40(13)15)6-20(43-18)22-4-12(32)10(2)45-22/h3-8H,1-2H3. The second kappa shape index (κ2) is 9.41. The number of fused-ring (bicyclic) bond motifs is 5. The van der Waals surface area contributed by atoms with Gasteiger partial charge in [-0.1, -0.05) is 23.2 Å². The fraction of sp³-hybridized carbons (Fsp3) is 0.0690. The topological polar surface area (TPSA) is 34.2 Å². The molecular formula is C29H12BCl2F7N2O2S2. The Balaban J connectivity index is 1.47. The fourth-order valence-electron chi connectivity index (χ4n) is 5.81. The lowest BCUT2D eigenvalue weighted by Crippen LogP contribution is -2.56. The zero-order valence-corrected chi connectivity index (χ0v) is 25.6. The number of aromatic nitrogens is 1. The summed E-state index contributed by atoms with van der Waals surface area (Å²) in [6.45, 7) is -1.34. The molecule has 7 heterocycles. The highest BCUT2D eigenvalue weighted by molar-refractivity contribution is 7.16. The van der Waals surface area contributed by atoms with Gasteiger partial charge in [-0.25, -0.2) is 22.0 Å². The summed E-state index contributed by atoms with van der Waals surface area (Å²) >= 11 is 14.9. The Labute approximate surface area is 265 Å². The summed E-state index contributed by atoms with van der Waals surface area (Å²) in [4.78, 5) is 2.58. The van der Waals surface area contributed by atoms with Crippen molar-refractivity contribution in [2.75, 3.05) is 0 Å². The molecule has 0 aliphatic carbocycles. The number of nitrogens with zero attached hydrogens (tertiary/aromatic N) is 2. The normalized spacial score (nSPS) is 15.2. The summed E-state index contributed by atoms with van der Waals surface area (Å²) in [6.07, 6.45) is 1.09. The van der Waals surface area contributed by atoms with Crippen molar-refractivity contribution in [3.8, 4) is 21.3 Å². The average Bonchev–Trinajstić information content (AvgIpc) is 3.80. The lowest BCUT2D eigenvalue weighted by molar-refractivity contribution is 0.376. The number of rotatable bonds is 3. The van der Waals surface area contributed by atoms with Gasteiger partial charge in [0, 0.05) is 27.6 Å². The van der Waals surface area contributed by atoms with Gasteiger partial charge in [0.15, 0.2) is 40.1 Å². The molecule has 0 saturated carbocycles. The average molecular weight is 699 g/mol. The second-order valence-electron chi connectivity index (χ2n) is 10.5. The zero-order valence-electron chi connectivity index (χ0n) is 22.5. The minimum absolute atomic E-state index is 0.108. The van der Waals surface area contributed by atoms with E-state index in [0.717, 1.165) is 21.9 Å². The summed E-state index contributed by atoms with van der Waals surface area (Å²) in [5.41, 5.74) is -3.46. The minimum atomic E-state index is -4.87. The van der Waals surface area contributed by atoms with Crippen LogP contribution in [0, 0.1) is 42.9 Å². The van der Waals surface area contributed by atoms with Crippen LogP contribution in [0.4, 0.5) is 30.6 Å². The number of allylic oxidation sites excluding steroid dienone is 1. The van der Waals surface area contributed by atoms with Crippen LogP contribution < -0.4 is 15.3 Å². The molecule has 0 fully saturated rings. The lowest BCUT2D eigenvalue weighted by Gasteiger charge is -2.31. The molecule has 0 unspecified atom stereocenters. The predicted octanol–water partition coefficient (Wildman–Crippen LogP) is 8.88. The fourth-order valence-corrected chi connectivity index (χ4v) is 8.12. The highest BCUT2D eigenvalue weighted by atomic mass is 35.5. The Morgan fingerprint density at radius 3 is 1.87 bits per heavy atom. The molecule has 0 atom stereocenters. The molecule has 228 valence electrons. The van der Waals surface area contributed by atoms with Gasteiger partial charge >= 0.3 is 6.97 Å². The number of thiophene rings is 2. The first-order valence-electron chi connectivity index (χ1n) is 13.0. The largest absolute Gasteiger partial charge is 0.738 e. The maximum atomic E-state index is 16.8. The van der Waals surface area contributed by atoms with Crippen LogP contribution in [0.2, 0.25) is 10.0 Å². The molecule has 0 bridgehead atoms. The molecule has 6 aromatic rings. The van der Waals surface area contributed by atoms with Gasteiger partial charge in [0.2, 0.25) is 11.2 Å². The van der Waals surface area contributed by atoms with Crippen LogP contribution in [0.1, 0.15) is 21.0 Å². The Morgan fingerprint density at radius 1 is 0.756 bits per heavy atom. The molecule has 1 aromatic carbocycles. The van der Waals surface area contributed by atoms with Crippen LogP contribution in [-0.4, -0.2) is 11.4 Å². The van der Waals surface area contributed by atoms with Crippen molar-refractivity contribution >= 4 is 75.6 Å². The van der Waals surface area contributed by atoms with Gasteiger partial charge in [-0.15, -0.1) is 22.7 Å². The van der Waals surface area contributed by atoms with Crippen LogP contribution >= 0.6 is 45.9 Å². The van der Waals surface area contributed by atoms with E-state index in [1.807, 2.05) is 0 Å². The summed E-state index contributed by atoms with van der Waals surface area (Å²) in [6, 6.07) is 6.92. The molecular weight excluding hydrogens is 687 g/mol. The van der Waals surface area contributed by atoms with E-state index in [9.17, 15) is 13.2 Å². The molecule has 0 saturated heterocycles. The van der Waals surface area contributed by atoms with E-state index in [4.69, 9.17) is 32.0 Å². The third-order valence-electron chi connectivity index (χ3n) is 7.85. The summed E-state index contributed by atoms with van der Waals surface area (Å²) < 4.78 is 120. The van der Waals surface area contributed by atoms with Gasteiger partial charge in [-0.3, -0.25) is 0 Å². The van der Waals surface area contributed by atoms with Gasteiger partial charge in [0.05, 0.1) is 48.6 Å². The van der Waals surface area contributed by atoms with Crippen LogP contribution in [0.25, 0.3) is 44.0 Å². The number of hydrogen-bond donors (Lipinski definition) is 0. The molecule has 45 heavy (non-hydrogen) atoms. The molecule has 16 heteroatoms. The number of aryl methyl sites for hydroxylation is 2. The first-order chi connectivity index (χ1) is 21.3. The van der Waals surface area contributed by atoms with Crippen molar-refractivity contribution in [1.82, 2.24) is 8.96 Å². The van der Waals surface area contributed by atoms with Crippen molar-refractivity contribution in [1.29, 1.82) is 0 Å². The van der Waals surface area contributed by atoms with Crippen LogP contribution in [0.3, 0.4) is 0 Å². The molecule has 0 radical (unpaired) electrons. The SMILES string of the molecule is Cc1sc(-c2cc3c(o2)=CC2=C(c4c(F)c(F)c(F)c(F)c4F)c4cc5oc(-c6cc(Cl)c(C)s6)cc5n4[B-](F)(F)[N+]=32)cc1Cl. The molecule has 0 N–H and O–H groups in total. The van der Waals surface area contributed by atoms with Crippen LogP contribution in [-0.2, 0) is 0 Å². The smallest absolute Gasteiger partial charge is 0.454 e. The monoisotopic (exact) mass is 698 g/mol. The molecule has 4 nitrogen and oxygen atoms in total. The third-order valence-corrected chi connectivity index (χ3v) is 11.0. The molecule has 8 rings (SSSR count). The van der Waals surface area contributed by atoms with E-state index in [1.54, 1.807) is 26.0 Å². The van der Waals surface area contributed by atoms with Gasteiger partial charge < -0.3 is 26.4 Å². The molecule has 2 aliphatic rings. The van der Waals surface area contributed by atoms with E-state index in [1.165, 1.54) is 34.8 Å². The lowest BCUT2D eigenvalue weighted by atomic mass is 9.85. The van der Waals surface area contributed by atoms with Crippen molar-refractivity contribution in [3.05, 3.63) is 107 Å². The number of benzene rings is 1. The Bertz CT molecular complexity index is 2420. The van der Waals surface area contributed by atoms with Gasteiger partial charge in [-0.05, 0) is 26.0 Å². The van der Waals surface area contributed by atoms with Gasteiger partial charge in [-0.2, -0.15) is 0 Å². The Kier molecular flexibility index (Phi) is 6.01. The van der Waals surface area contributed by atoms with E-state index < -0.39 is 58.6 Å². The first kappa shape index (κ1) is 28.7. The van der Waals surface area contributed by atoms with Crippen molar-refractivity contribution in [2.24, 2.45) is 0 Å². The van der Waals surface area contributed by atoms with Crippen molar-refractivity contribution in [2.45, 2.75) is 13.8 Å². The number of hydrogen-bond acceptors (Lipinski definition) is 4. The van der Waals surface area contributed by atoms with E-state index in [2.05, 4.69) is 0 Å². The van der Waals surface area contributed by atoms with Crippen molar-refractivity contribution < 1.29 is 39.4 Å². The molecule has 0 spiro atoms. The van der Waals surface area contributed by atoms with E-state index >= 15 is 17.4 Å². The van der Waals surface area contributed by atoms with Crippen LogP contribution in [0.15, 0.2) is 44.9 Å². The Hall–Kier alpha value is -3.72. The maximum absolute atomic E-state index is 16.8. The zero-order chi connectivity index (χ0) is 31.9. The van der Waals surface area contributed by atoms with Gasteiger partial charge in [0.25, 0.3) is 0 Å². The van der Waals surface area contributed by atoms with E-state index in [-0.39, 0.29) is 33.4 Å². The molecule has 5 aromatic heterocycles.